The van der Waals surface area contributed by atoms with Gasteiger partial charge in [0.15, 0.2) is 0 Å². The van der Waals surface area contributed by atoms with E-state index >= 15 is 0 Å². The van der Waals surface area contributed by atoms with E-state index in [-0.39, 0.29) is 21.2 Å². The van der Waals surface area contributed by atoms with Gasteiger partial charge >= 0.3 is 0 Å². The first kappa shape index (κ1) is 22.6. The lowest BCUT2D eigenvalue weighted by molar-refractivity contribution is 0.0951. The fourth-order valence-corrected chi connectivity index (χ4v) is 6.68. The molecular formula is C21H21N3O5S3. The van der Waals surface area contributed by atoms with E-state index in [2.05, 4.69) is 5.32 Å². The summed E-state index contributed by atoms with van der Waals surface area (Å²) in [4.78, 5) is 13.2. The number of sulfonamides is 2. The molecule has 168 valence electrons. The lowest BCUT2D eigenvalue weighted by atomic mass is 10.0. The van der Waals surface area contributed by atoms with Crippen molar-refractivity contribution in [1.82, 2.24) is 9.62 Å². The minimum absolute atomic E-state index is 0.0120. The van der Waals surface area contributed by atoms with Crippen LogP contribution in [-0.2, 0) is 39.6 Å². The molecule has 0 bridgehead atoms. The maximum absolute atomic E-state index is 13.2. The highest BCUT2D eigenvalue weighted by Crippen LogP contribution is 2.25. The standard InChI is InChI=1S/C21H21N3O5S3/c22-31(26,27)20-9-8-18(30-20)13-23-21(25)16-6-3-7-19(12-16)32(28,29)24-11-10-15-4-1-2-5-17(15)14-24/h1-9,12H,10-11,13-14H2,(H,23,25)(H2,22,26,27). The molecule has 1 aliphatic rings. The molecule has 3 N–H and O–H groups in total. The number of primary sulfonamides is 1. The van der Waals surface area contributed by atoms with Crippen molar-refractivity contribution in [1.29, 1.82) is 0 Å². The number of benzene rings is 2. The number of nitrogens with one attached hydrogen (secondary N) is 1. The summed E-state index contributed by atoms with van der Waals surface area (Å²) in [6.07, 6.45) is 0.636. The molecule has 0 spiro atoms. The largest absolute Gasteiger partial charge is 0.347 e. The van der Waals surface area contributed by atoms with Gasteiger partial charge in [-0.25, -0.2) is 22.0 Å². The van der Waals surface area contributed by atoms with Crippen LogP contribution < -0.4 is 10.5 Å². The predicted octanol–water partition coefficient (Wildman–Crippen LogP) is 2.07. The molecule has 0 saturated carbocycles. The molecule has 2 aromatic carbocycles. The van der Waals surface area contributed by atoms with Gasteiger partial charge in [0.25, 0.3) is 5.91 Å². The second-order valence-electron chi connectivity index (χ2n) is 7.33. The van der Waals surface area contributed by atoms with Crippen LogP contribution in [0.1, 0.15) is 26.4 Å². The minimum Gasteiger partial charge on any atom is -0.347 e. The molecule has 2 heterocycles. The van der Waals surface area contributed by atoms with Gasteiger partial charge in [-0.1, -0.05) is 30.3 Å². The van der Waals surface area contributed by atoms with Crippen molar-refractivity contribution in [2.45, 2.75) is 28.6 Å². The van der Waals surface area contributed by atoms with Crippen LogP contribution >= 0.6 is 11.3 Å². The summed E-state index contributed by atoms with van der Waals surface area (Å²) in [5, 5.41) is 7.78. The third-order valence-corrected chi connectivity index (χ3v) is 9.54. The maximum atomic E-state index is 13.2. The van der Waals surface area contributed by atoms with Gasteiger partial charge in [0.2, 0.25) is 20.0 Å². The smallest absolute Gasteiger partial charge is 0.251 e. The summed E-state index contributed by atoms with van der Waals surface area (Å²) in [6, 6.07) is 16.6. The molecule has 0 radical (unpaired) electrons. The minimum atomic E-state index is -3.79. The van der Waals surface area contributed by atoms with E-state index in [9.17, 15) is 21.6 Å². The lowest BCUT2D eigenvalue weighted by Crippen LogP contribution is -2.36. The SMILES string of the molecule is NS(=O)(=O)c1ccc(CNC(=O)c2cccc(S(=O)(=O)N3CCc4ccccc4C3)c2)s1. The Hall–Kier alpha value is -2.57. The Morgan fingerprint density at radius 1 is 1.00 bits per heavy atom. The molecule has 0 fully saturated rings. The summed E-state index contributed by atoms with van der Waals surface area (Å²) in [7, 11) is -7.56. The molecule has 8 nitrogen and oxygen atoms in total. The summed E-state index contributed by atoms with van der Waals surface area (Å²) >= 11 is 0.967. The number of carbonyl (C=O) groups excluding carboxylic acids is 1. The second kappa shape index (κ2) is 8.75. The molecule has 0 atom stereocenters. The predicted molar refractivity (Wildman–Crippen MR) is 121 cm³/mol. The average molecular weight is 492 g/mol. The zero-order valence-electron chi connectivity index (χ0n) is 16.9. The van der Waals surface area contributed by atoms with Gasteiger partial charge in [-0.2, -0.15) is 4.31 Å². The van der Waals surface area contributed by atoms with Crippen LogP contribution in [0.2, 0.25) is 0 Å². The second-order valence-corrected chi connectivity index (χ2v) is 12.2. The van der Waals surface area contributed by atoms with Crippen molar-refractivity contribution in [3.63, 3.8) is 0 Å². The summed E-state index contributed by atoms with van der Waals surface area (Å²) in [5.74, 6) is -0.461. The number of nitrogens with zero attached hydrogens (tertiary/aromatic N) is 1. The first-order valence-electron chi connectivity index (χ1n) is 9.71. The zero-order valence-corrected chi connectivity index (χ0v) is 19.3. The van der Waals surface area contributed by atoms with Crippen molar-refractivity contribution >= 4 is 37.3 Å². The highest BCUT2D eigenvalue weighted by atomic mass is 32.2. The molecule has 1 aliphatic heterocycles. The number of amides is 1. The molecular weight excluding hydrogens is 470 g/mol. The van der Waals surface area contributed by atoms with Crippen molar-refractivity contribution in [2.75, 3.05) is 6.54 Å². The first-order chi connectivity index (χ1) is 15.1. The highest BCUT2D eigenvalue weighted by Gasteiger charge is 2.28. The molecule has 1 aromatic heterocycles. The number of carbonyl (C=O) groups is 1. The third kappa shape index (κ3) is 4.76. The fraction of sp³-hybridized carbons (Fsp3) is 0.190. The van der Waals surface area contributed by atoms with E-state index in [0.717, 1.165) is 22.5 Å². The molecule has 32 heavy (non-hydrogen) atoms. The van der Waals surface area contributed by atoms with Crippen molar-refractivity contribution in [3.05, 3.63) is 82.2 Å². The van der Waals surface area contributed by atoms with Crippen LogP contribution in [0.25, 0.3) is 0 Å². The van der Waals surface area contributed by atoms with E-state index in [0.29, 0.717) is 24.4 Å². The summed E-state index contributed by atoms with van der Waals surface area (Å²) in [5.41, 5.74) is 2.32. The molecule has 0 aliphatic carbocycles. The number of hydrogen-bond donors (Lipinski definition) is 2. The fourth-order valence-electron chi connectivity index (χ4n) is 3.50. The molecule has 0 unspecified atom stereocenters. The van der Waals surface area contributed by atoms with Gasteiger partial charge < -0.3 is 5.32 Å². The lowest BCUT2D eigenvalue weighted by Gasteiger charge is -2.28. The monoisotopic (exact) mass is 491 g/mol. The van der Waals surface area contributed by atoms with Crippen molar-refractivity contribution < 1.29 is 21.6 Å². The third-order valence-electron chi connectivity index (χ3n) is 5.17. The Balaban J connectivity index is 1.48. The Morgan fingerprint density at radius 2 is 1.75 bits per heavy atom. The highest BCUT2D eigenvalue weighted by molar-refractivity contribution is 7.91. The van der Waals surface area contributed by atoms with Gasteiger partial charge in [0.1, 0.15) is 4.21 Å². The van der Waals surface area contributed by atoms with Gasteiger partial charge in [0, 0.05) is 23.5 Å². The Kier molecular flexibility index (Phi) is 6.19. The van der Waals surface area contributed by atoms with Crippen LogP contribution in [-0.4, -0.2) is 33.6 Å². The Labute approximate surface area is 190 Å². The number of nitrogens with two attached hydrogens (primary N) is 1. The van der Waals surface area contributed by atoms with Crippen LogP contribution in [0.3, 0.4) is 0 Å². The number of thiophene rings is 1. The van der Waals surface area contributed by atoms with E-state index in [1.54, 1.807) is 6.07 Å². The molecule has 3 aromatic rings. The van der Waals surface area contributed by atoms with Crippen LogP contribution in [0, 0.1) is 0 Å². The number of fused-ring (bicyclic) bond motifs is 1. The number of rotatable bonds is 6. The van der Waals surface area contributed by atoms with Crippen molar-refractivity contribution in [2.24, 2.45) is 5.14 Å². The number of hydrogen-bond acceptors (Lipinski definition) is 6. The van der Waals surface area contributed by atoms with Gasteiger partial charge in [0.05, 0.1) is 11.4 Å². The topological polar surface area (TPSA) is 127 Å². The van der Waals surface area contributed by atoms with Crippen LogP contribution in [0.15, 0.2) is 69.8 Å². The maximum Gasteiger partial charge on any atom is 0.251 e. The normalized spacial score (nSPS) is 14.7. The van der Waals surface area contributed by atoms with E-state index in [1.165, 1.54) is 34.6 Å². The van der Waals surface area contributed by atoms with Gasteiger partial charge in [-0.15, -0.1) is 11.3 Å². The van der Waals surface area contributed by atoms with Crippen molar-refractivity contribution in [3.8, 4) is 0 Å². The molecule has 1 amide bonds. The van der Waals surface area contributed by atoms with Crippen LogP contribution in [0.4, 0.5) is 0 Å². The Morgan fingerprint density at radius 3 is 2.47 bits per heavy atom. The average Bonchev–Trinajstić information content (AvgIpc) is 3.27. The van der Waals surface area contributed by atoms with Gasteiger partial charge in [-0.05, 0) is 47.9 Å². The quantitative estimate of drug-likeness (QED) is 0.546. The van der Waals surface area contributed by atoms with Crippen LogP contribution in [0.5, 0.6) is 0 Å². The molecule has 4 rings (SSSR count). The van der Waals surface area contributed by atoms with E-state index in [1.807, 2.05) is 24.3 Å². The summed E-state index contributed by atoms with van der Waals surface area (Å²) in [6.45, 7) is 0.763. The molecule has 11 heteroatoms. The zero-order chi connectivity index (χ0) is 22.9. The van der Waals surface area contributed by atoms with E-state index in [4.69, 9.17) is 5.14 Å². The molecule has 0 saturated heterocycles. The van der Waals surface area contributed by atoms with Gasteiger partial charge in [-0.3, -0.25) is 4.79 Å². The first-order valence-corrected chi connectivity index (χ1v) is 13.5. The van der Waals surface area contributed by atoms with E-state index < -0.39 is 26.0 Å². The summed E-state index contributed by atoms with van der Waals surface area (Å²) < 4.78 is 50.5. The Bertz CT molecular complexity index is 1380.